The Morgan fingerprint density at radius 1 is 1.10 bits per heavy atom. The van der Waals surface area contributed by atoms with E-state index in [9.17, 15) is 4.79 Å². The molecule has 2 heterocycles. The van der Waals surface area contributed by atoms with Crippen molar-refractivity contribution in [1.29, 1.82) is 0 Å². The van der Waals surface area contributed by atoms with Crippen LogP contribution in [0, 0.1) is 0 Å². The van der Waals surface area contributed by atoms with Crippen molar-refractivity contribution in [1.82, 2.24) is 4.90 Å². The first-order valence-corrected chi connectivity index (χ1v) is 10.9. The number of thioether (sulfide) groups is 1. The number of amides is 1. The topological polar surface area (TPSA) is 46.3 Å². The summed E-state index contributed by atoms with van der Waals surface area (Å²) in [6.45, 7) is 7.54. The number of para-hydroxylation sites is 1. The molecule has 2 aromatic rings. The van der Waals surface area contributed by atoms with Crippen LogP contribution in [0.5, 0.6) is 5.75 Å². The fraction of sp³-hybridized carbons (Fsp3) is 0.304. The zero-order valence-electron chi connectivity index (χ0n) is 16.6. The van der Waals surface area contributed by atoms with Gasteiger partial charge in [0.25, 0.3) is 5.91 Å². The number of hydrogen-bond donors (Lipinski definition) is 1. The van der Waals surface area contributed by atoms with Crippen LogP contribution in [0.4, 0.5) is 0 Å². The molecule has 6 heteroatoms. The lowest BCUT2D eigenvalue weighted by atomic mass is 10.2. The lowest BCUT2D eigenvalue weighted by Crippen LogP contribution is -3.13. The van der Waals surface area contributed by atoms with Crippen molar-refractivity contribution >= 4 is 28.9 Å². The van der Waals surface area contributed by atoms with E-state index in [-0.39, 0.29) is 5.91 Å². The van der Waals surface area contributed by atoms with Crippen LogP contribution in [0.15, 0.2) is 64.5 Å². The van der Waals surface area contributed by atoms with E-state index in [0.29, 0.717) is 11.5 Å². The number of hydrogen-bond acceptors (Lipinski definition) is 4. The van der Waals surface area contributed by atoms with Crippen molar-refractivity contribution in [2.24, 2.45) is 4.99 Å². The van der Waals surface area contributed by atoms with Crippen LogP contribution in [0.3, 0.4) is 0 Å². The first kappa shape index (κ1) is 19.7. The van der Waals surface area contributed by atoms with Gasteiger partial charge in [0.2, 0.25) is 0 Å². The Kier molecular flexibility index (Phi) is 6.32. The van der Waals surface area contributed by atoms with Gasteiger partial charge in [0, 0.05) is 11.1 Å². The minimum Gasteiger partial charge on any atom is -0.493 e. The summed E-state index contributed by atoms with van der Waals surface area (Å²) < 4.78 is 5.67. The average molecular weight is 409 g/mol. The number of quaternary nitrogens is 1. The molecule has 0 unspecified atom stereocenters. The lowest BCUT2D eigenvalue weighted by Gasteiger charge is -2.32. The number of nitrogens with zero attached hydrogens (tertiary/aromatic N) is 2. The van der Waals surface area contributed by atoms with Crippen LogP contribution in [-0.2, 0) is 11.3 Å². The Labute approximate surface area is 176 Å². The molecule has 0 aliphatic carbocycles. The van der Waals surface area contributed by atoms with E-state index < -0.39 is 0 Å². The van der Waals surface area contributed by atoms with Gasteiger partial charge in [0.1, 0.15) is 12.3 Å². The zero-order chi connectivity index (χ0) is 20.1. The van der Waals surface area contributed by atoms with E-state index in [0.717, 1.165) is 49.2 Å². The Morgan fingerprint density at radius 3 is 2.59 bits per heavy atom. The second-order valence-electron chi connectivity index (χ2n) is 7.18. The molecule has 1 amide bonds. The molecule has 2 aliphatic heterocycles. The maximum Gasteiger partial charge on any atom is 0.286 e. The Hall–Kier alpha value is -2.57. The molecular formula is C23H26N3O2S+. The number of piperazine rings is 1. The largest absolute Gasteiger partial charge is 0.493 e. The second-order valence-corrected chi connectivity index (χ2v) is 8.19. The fourth-order valence-corrected chi connectivity index (χ4v) is 4.59. The van der Waals surface area contributed by atoms with E-state index in [1.165, 1.54) is 17.3 Å². The first-order valence-electron chi connectivity index (χ1n) is 10.1. The Morgan fingerprint density at radius 2 is 1.83 bits per heavy atom. The molecule has 0 saturated carbocycles. The first-order chi connectivity index (χ1) is 14.2. The molecule has 0 spiro atoms. The highest BCUT2D eigenvalue weighted by Gasteiger charge is 2.29. The molecule has 1 N–H and O–H groups in total. The highest BCUT2D eigenvalue weighted by Crippen LogP contribution is 2.32. The summed E-state index contributed by atoms with van der Waals surface area (Å²) >= 11 is 1.47. The summed E-state index contributed by atoms with van der Waals surface area (Å²) in [5, 5.41) is 0.828. The number of carbonyl (C=O) groups excluding carboxylic acids is 1. The fourth-order valence-electron chi connectivity index (χ4n) is 3.64. The quantitative estimate of drug-likeness (QED) is 0.772. The number of aliphatic imine (C=N–C) groups is 1. The number of ether oxygens (including phenoxy) is 1. The highest BCUT2D eigenvalue weighted by atomic mass is 32.2. The summed E-state index contributed by atoms with van der Waals surface area (Å²) in [4.78, 5) is 21.3. The molecule has 29 heavy (non-hydrogen) atoms. The predicted molar refractivity (Wildman–Crippen MR) is 118 cm³/mol. The third kappa shape index (κ3) is 4.89. The van der Waals surface area contributed by atoms with Crippen molar-refractivity contribution in [3.05, 3.63) is 70.6 Å². The van der Waals surface area contributed by atoms with Crippen LogP contribution < -0.4 is 9.64 Å². The van der Waals surface area contributed by atoms with Gasteiger partial charge in [-0.05, 0) is 30.8 Å². The van der Waals surface area contributed by atoms with Crippen molar-refractivity contribution in [2.75, 3.05) is 32.8 Å². The third-order valence-corrected chi connectivity index (χ3v) is 6.20. The van der Waals surface area contributed by atoms with Gasteiger partial charge in [0.15, 0.2) is 5.17 Å². The minimum atomic E-state index is -0.157. The van der Waals surface area contributed by atoms with E-state index in [4.69, 9.17) is 4.74 Å². The normalized spacial score (nSPS) is 18.9. The van der Waals surface area contributed by atoms with Gasteiger partial charge in [0.05, 0.1) is 37.7 Å². The van der Waals surface area contributed by atoms with E-state index in [2.05, 4.69) is 40.2 Å². The van der Waals surface area contributed by atoms with E-state index in [1.54, 1.807) is 4.90 Å². The predicted octanol–water partition coefficient (Wildman–Crippen LogP) is 2.46. The smallest absolute Gasteiger partial charge is 0.286 e. The summed E-state index contributed by atoms with van der Waals surface area (Å²) in [7, 11) is 0. The number of nitrogens with one attached hydrogen (secondary N) is 1. The van der Waals surface area contributed by atoms with Gasteiger partial charge in [-0.3, -0.25) is 4.79 Å². The molecule has 1 fully saturated rings. The number of carbonyl (C=O) groups is 1. The van der Waals surface area contributed by atoms with Crippen LogP contribution in [-0.4, -0.2) is 48.8 Å². The third-order valence-electron chi connectivity index (χ3n) is 5.15. The van der Waals surface area contributed by atoms with E-state index in [1.807, 2.05) is 37.3 Å². The van der Waals surface area contributed by atoms with E-state index >= 15 is 0 Å². The second kappa shape index (κ2) is 9.29. The molecule has 2 aliphatic rings. The maximum atomic E-state index is 12.5. The maximum absolute atomic E-state index is 12.5. The van der Waals surface area contributed by atoms with Gasteiger partial charge >= 0.3 is 0 Å². The molecule has 1 saturated heterocycles. The Bertz CT molecular complexity index is 919. The van der Waals surface area contributed by atoms with Crippen molar-refractivity contribution in [3.63, 3.8) is 0 Å². The molecule has 4 rings (SSSR count). The molecular weight excluding hydrogens is 382 g/mol. The average Bonchev–Trinajstić information content (AvgIpc) is 3.11. The van der Waals surface area contributed by atoms with Gasteiger partial charge in [-0.1, -0.05) is 48.5 Å². The molecule has 0 aromatic heterocycles. The summed E-state index contributed by atoms with van der Waals surface area (Å²) in [5.41, 5.74) is 2.29. The monoisotopic (exact) mass is 408 g/mol. The van der Waals surface area contributed by atoms with Gasteiger partial charge in [-0.2, -0.15) is 4.99 Å². The Balaban J connectivity index is 1.37. The molecule has 5 nitrogen and oxygen atoms in total. The van der Waals surface area contributed by atoms with Gasteiger partial charge in [-0.25, -0.2) is 0 Å². The van der Waals surface area contributed by atoms with Crippen molar-refractivity contribution in [3.8, 4) is 5.75 Å². The van der Waals surface area contributed by atoms with Crippen LogP contribution >= 0.6 is 11.8 Å². The number of rotatable bonds is 5. The summed E-state index contributed by atoms with van der Waals surface area (Å²) in [5.74, 6) is 0.637. The van der Waals surface area contributed by atoms with Gasteiger partial charge < -0.3 is 14.5 Å². The van der Waals surface area contributed by atoms with Crippen LogP contribution in [0.1, 0.15) is 18.1 Å². The lowest BCUT2D eigenvalue weighted by molar-refractivity contribution is -0.917. The van der Waals surface area contributed by atoms with Crippen molar-refractivity contribution < 1.29 is 14.4 Å². The number of benzene rings is 2. The highest BCUT2D eigenvalue weighted by molar-refractivity contribution is 8.18. The summed E-state index contributed by atoms with van der Waals surface area (Å²) in [6.07, 6.45) is 1.89. The SMILES string of the molecule is CCOc1ccccc1/C=C1/SC(N2CC[NH+](Cc3ccccc3)CC2)=NC1=O. The van der Waals surface area contributed by atoms with Gasteiger partial charge in [-0.15, -0.1) is 0 Å². The summed E-state index contributed by atoms with van der Waals surface area (Å²) in [6, 6.07) is 18.4. The molecule has 0 bridgehead atoms. The molecule has 2 aromatic carbocycles. The molecule has 0 atom stereocenters. The number of amidine groups is 1. The zero-order valence-corrected chi connectivity index (χ0v) is 17.5. The van der Waals surface area contributed by atoms with Crippen LogP contribution in [0.2, 0.25) is 0 Å². The molecule has 0 radical (unpaired) electrons. The van der Waals surface area contributed by atoms with Crippen molar-refractivity contribution in [2.45, 2.75) is 13.5 Å². The standard InChI is InChI=1S/C23H25N3O2S/c1-2-28-20-11-7-6-10-19(20)16-21-22(27)24-23(29-21)26-14-12-25(13-15-26)17-18-8-4-3-5-9-18/h3-11,16H,2,12-15,17H2,1H3/p+1/b21-16+. The molecule has 150 valence electrons. The minimum absolute atomic E-state index is 0.157. The van der Waals surface area contributed by atoms with Crippen LogP contribution in [0.25, 0.3) is 6.08 Å².